The Morgan fingerprint density at radius 2 is 2.00 bits per heavy atom. The van der Waals surface area contributed by atoms with Gasteiger partial charge in [-0.25, -0.2) is 0 Å². The van der Waals surface area contributed by atoms with Crippen molar-refractivity contribution in [3.8, 4) is 0 Å². The summed E-state index contributed by atoms with van der Waals surface area (Å²) in [6.45, 7) is 0. The predicted octanol–water partition coefficient (Wildman–Crippen LogP) is 1.01. The fraction of sp³-hybridized carbons (Fsp3) is 0.333. The SMILES string of the molecule is OB(O)c1ccc(Br)cc1C1CC1. The molecule has 0 atom stereocenters. The molecular formula is C9H10BBrO2. The van der Waals surface area contributed by atoms with Gasteiger partial charge in [0.05, 0.1) is 0 Å². The van der Waals surface area contributed by atoms with Gasteiger partial charge in [0.1, 0.15) is 0 Å². The van der Waals surface area contributed by atoms with Crippen LogP contribution in [-0.2, 0) is 0 Å². The van der Waals surface area contributed by atoms with Crippen LogP contribution in [0.4, 0.5) is 0 Å². The molecule has 0 bridgehead atoms. The molecule has 1 fully saturated rings. The minimum atomic E-state index is -1.34. The molecule has 0 heterocycles. The van der Waals surface area contributed by atoms with Crippen molar-refractivity contribution in [1.29, 1.82) is 0 Å². The molecule has 0 unspecified atom stereocenters. The van der Waals surface area contributed by atoms with Crippen LogP contribution in [0.1, 0.15) is 24.3 Å². The van der Waals surface area contributed by atoms with E-state index in [1.807, 2.05) is 12.1 Å². The third-order valence-electron chi connectivity index (χ3n) is 2.34. The summed E-state index contributed by atoms with van der Waals surface area (Å²) in [4.78, 5) is 0. The lowest BCUT2D eigenvalue weighted by Crippen LogP contribution is -2.32. The van der Waals surface area contributed by atoms with E-state index in [4.69, 9.17) is 10.0 Å². The Hall–Kier alpha value is -0.315. The number of hydrogen-bond acceptors (Lipinski definition) is 2. The molecule has 2 rings (SSSR count). The number of benzene rings is 1. The number of rotatable bonds is 2. The lowest BCUT2D eigenvalue weighted by Gasteiger charge is -2.07. The zero-order valence-electron chi connectivity index (χ0n) is 7.07. The highest BCUT2D eigenvalue weighted by Crippen LogP contribution is 2.39. The normalized spacial score (nSPS) is 15.9. The first-order valence-corrected chi connectivity index (χ1v) is 5.13. The zero-order chi connectivity index (χ0) is 9.42. The summed E-state index contributed by atoms with van der Waals surface area (Å²) >= 11 is 3.38. The van der Waals surface area contributed by atoms with Crippen LogP contribution in [0, 0.1) is 0 Å². The maximum absolute atomic E-state index is 9.11. The molecule has 1 aliphatic carbocycles. The van der Waals surface area contributed by atoms with Gasteiger partial charge in [0.2, 0.25) is 0 Å². The summed E-state index contributed by atoms with van der Waals surface area (Å²) in [5.41, 5.74) is 1.72. The van der Waals surface area contributed by atoms with Gasteiger partial charge in [-0.2, -0.15) is 0 Å². The molecule has 2 N–H and O–H groups in total. The predicted molar refractivity (Wildman–Crippen MR) is 55.9 cm³/mol. The molecule has 0 aliphatic heterocycles. The van der Waals surface area contributed by atoms with E-state index < -0.39 is 7.12 Å². The molecule has 0 radical (unpaired) electrons. The number of halogens is 1. The molecule has 0 spiro atoms. The first kappa shape index (κ1) is 9.25. The highest BCUT2D eigenvalue weighted by atomic mass is 79.9. The van der Waals surface area contributed by atoms with Crippen LogP contribution >= 0.6 is 15.9 Å². The minimum absolute atomic E-state index is 0.536. The van der Waals surface area contributed by atoms with Gasteiger partial charge in [0, 0.05) is 4.47 Å². The van der Waals surface area contributed by atoms with E-state index in [1.54, 1.807) is 6.07 Å². The topological polar surface area (TPSA) is 40.5 Å². The van der Waals surface area contributed by atoms with Gasteiger partial charge in [0.15, 0.2) is 0 Å². The second kappa shape index (κ2) is 3.44. The van der Waals surface area contributed by atoms with Crippen LogP contribution in [0.5, 0.6) is 0 Å². The Labute approximate surface area is 85.9 Å². The summed E-state index contributed by atoms with van der Waals surface area (Å²) in [5.74, 6) is 0.536. The van der Waals surface area contributed by atoms with Crippen LogP contribution in [0.25, 0.3) is 0 Å². The Balaban J connectivity index is 2.42. The molecule has 1 aliphatic rings. The van der Waals surface area contributed by atoms with Gasteiger partial charge >= 0.3 is 7.12 Å². The molecule has 4 heteroatoms. The maximum atomic E-state index is 9.11. The lowest BCUT2D eigenvalue weighted by molar-refractivity contribution is 0.425. The fourth-order valence-corrected chi connectivity index (χ4v) is 1.91. The van der Waals surface area contributed by atoms with Crippen molar-refractivity contribution in [2.45, 2.75) is 18.8 Å². The minimum Gasteiger partial charge on any atom is -0.423 e. The summed E-state index contributed by atoms with van der Waals surface area (Å²) < 4.78 is 0.999. The monoisotopic (exact) mass is 240 g/mol. The van der Waals surface area contributed by atoms with Crippen LogP contribution in [0.3, 0.4) is 0 Å². The van der Waals surface area contributed by atoms with Crippen LogP contribution in [0.15, 0.2) is 22.7 Å². The first-order valence-electron chi connectivity index (χ1n) is 4.34. The molecule has 1 aromatic carbocycles. The van der Waals surface area contributed by atoms with Crippen LogP contribution in [-0.4, -0.2) is 17.2 Å². The molecule has 2 nitrogen and oxygen atoms in total. The highest BCUT2D eigenvalue weighted by Gasteiger charge is 2.29. The van der Waals surface area contributed by atoms with Gasteiger partial charge < -0.3 is 10.0 Å². The molecule has 0 amide bonds. The largest absolute Gasteiger partial charge is 0.488 e. The average molecular weight is 241 g/mol. The van der Waals surface area contributed by atoms with Gasteiger partial charge in [-0.1, -0.05) is 22.0 Å². The molecule has 0 aromatic heterocycles. The van der Waals surface area contributed by atoms with Gasteiger partial charge in [-0.15, -0.1) is 0 Å². The average Bonchev–Trinajstić information content (AvgIpc) is 2.85. The van der Waals surface area contributed by atoms with E-state index in [1.165, 1.54) is 0 Å². The molecule has 13 heavy (non-hydrogen) atoms. The Bertz CT molecular complexity index is 323. The van der Waals surface area contributed by atoms with Gasteiger partial charge in [-0.05, 0) is 41.9 Å². The van der Waals surface area contributed by atoms with Crippen molar-refractivity contribution in [2.24, 2.45) is 0 Å². The Kier molecular flexibility index (Phi) is 2.45. The Morgan fingerprint density at radius 1 is 1.31 bits per heavy atom. The maximum Gasteiger partial charge on any atom is 0.488 e. The highest BCUT2D eigenvalue weighted by molar-refractivity contribution is 9.10. The van der Waals surface area contributed by atoms with Crippen molar-refractivity contribution in [2.75, 3.05) is 0 Å². The molecule has 1 aromatic rings. The van der Waals surface area contributed by atoms with Gasteiger partial charge in [-0.3, -0.25) is 0 Å². The van der Waals surface area contributed by atoms with Crippen LogP contribution in [0.2, 0.25) is 0 Å². The Morgan fingerprint density at radius 3 is 2.54 bits per heavy atom. The third kappa shape index (κ3) is 1.95. The van der Waals surface area contributed by atoms with E-state index in [0.717, 1.165) is 22.9 Å². The molecule has 1 saturated carbocycles. The van der Waals surface area contributed by atoms with E-state index in [0.29, 0.717) is 11.4 Å². The molecule has 68 valence electrons. The fourth-order valence-electron chi connectivity index (χ4n) is 1.53. The molecular weight excluding hydrogens is 231 g/mol. The van der Waals surface area contributed by atoms with Crippen molar-refractivity contribution in [3.05, 3.63) is 28.2 Å². The summed E-state index contributed by atoms with van der Waals surface area (Å²) in [6, 6.07) is 5.58. The van der Waals surface area contributed by atoms with E-state index in [2.05, 4.69) is 15.9 Å². The third-order valence-corrected chi connectivity index (χ3v) is 2.84. The van der Waals surface area contributed by atoms with E-state index in [9.17, 15) is 0 Å². The molecule has 0 saturated heterocycles. The second-order valence-electron chi connectivity index (χ2n) is 3.42. The summed E-state index contributed by atoms with van der Waals surface area (Å²) in [6.07, 6.45) is 2.33. The summed E-state index contributed by atoms with van der Waals surface area (Å²) in [7, 11) is -1.34. The van der Waals surface area contributed by atoms with Crippen LogP contribution < -0.4 is 5.46 Å². The lowest BCUT2D eigenvalue weighted by atomic mass is 9.76. The first-order chi connectivity index (χ1) is 6.18. The van der Waals surface area contributed by atoms with E-state index in [-0.39, 0.29) is 0 Å². The quantitative estimate of drug-likeness (QED) is 0.758. The second-order valence-corrected chi connectivity index (χ2v) is 4.34. The van der Waals surface area contributed by atoms with Crippen molar-refractivity contribution >= 4 is 28.5 Å². The standard InChI is InChI=1S/C9H10BBrO2/c11-7-3-4-9(10(12)13)8(5-7)6-1-2-6/h3-6,12-13H,1-2H2. The summed E-state index contributed by atoms with van der Waals surface area (Å²) in [5, 5.41) is 18.2. The smallest absolute Gasteiger partial charge is 0.423 e. The van der Waals surface area contributed by atoms with Crippen molar-refractivity contribution < 1.29 is 10.0 Å². The van der Waals surface area contributed by atoms with Gasteiger partial charge in [0.25, 0.3) is 0 Å². The van der Waals surface area contributed by atoms with E-state index >= 15 is 0 Å². The van der Waals surface area contributed by atoms with Crippen molar-refractivity contribution in [1.82, 2.24) is 0 Å². The number of hydrogen-bond donors (Lipinski definition) is 2. The van der Waals surface area contributed by atoms with Crippen molar-refractivity contribution in [3.63, 3.8) is 0 Å². The zero-order valence-corrected chi connectivity index (χ0v) is 8.66.